The number of nitrogens with two attached hydrogens (primary N) is 1. The van der Waals surface area contributed by atoms with E-state index in [0.717, 1.165) is 45.2 Å². The summed E-state index contributed by atoms with van der Waals surface area (Å²) in [5.74, 6) is 0.713. The van der Waals surface area contributed by atoms with Crippen LogP contribution in [-0.2, 0) is 9.53 Å². The Morgan fingerprint density at radius 3 is 2.79 bits per heavy atom. The minimum atomic E-state index is -0.173. The molecule has 0 aromatic rings. The molecule has 0 bridgehead atoms. The van der Waals surface area contributed by atoms with Crippen molar-refractivity contribution in [3.05, 3.63) is 0 Å². The van der Waals surface area contributed by atoms with Gasteiger partial charge in [-0.1, -0.05) is 13.3 Å². The number of hydrogen-bond donors (Lipinski definition) is 1. The van der Waals surface area contributed by atoms with Crippen LogP contribution in [0.2, 0.25) is 0 Å². The van der Waals surface area contributed by atoms with E-state index in [4.69, 9.17) is 10.5 Å². The lowest BCUT2D eigenvalue weighted by Crippen LogP contribution is -2.53. The van der Waals surface area contributed by atoms with Crippen molar-refractivity contribution in [2.24, 2.45) is 17.6 Å². The molecule has 4 unspecified atom stereocenters. The number of piperidine rings is 1. The quantitative estimate of drug-likeness (QED) is 0.830. The summed E-state index contributed by atoms with van der Waals surface area (Å²) in [7, 11) is 1.74. The van der Waals surface area contributed by atoms with Gasteiger partial charge < -0.3 is 15.4 Å². The third-order valence-corrected chi connectivity index (χ3v) is 5.14. The average molecular weight is 268 g/mol. The lowest BCUT2D eigenvalue weighted by Gasteiger charge is -2.43. The van der Waals surface area contributed by atoms with Gasteiger partial charge in [-0.05, 0) is 38.5 Å². The van der Waals surface area contributed by atoms with E-state index in [-0.39, 0.29) is 17.6 Å². The normalized spacial score (nSPS) is 40.2. The Hall–Kier alpha value is -0.610. The minimum absolute atomic E-state index is 0.114. The van der Waals surface area contributed by atoms with Gasteiger partial charge in [0.2, 0.25) is 5.91 Å². The summed E-state index contributed by atoms with van der Waals surface area (Å²) in [4.78, 5) is 14.7. The van der Waals surface area contributed by atoms with Gasteiger partial charge in [-0.3, -0.25) is 4.79 Å². The van der Waals surface area contributed by atoms with Crippen molar-refractivity contribution in [1.82, 2.24) is 4.90 Å². The standard InChI is InChI=1S/C15H28N2O2/c1-11-12(6-4-7-13(11)16)14(18)17-9-5-8-15(2,10-17)19-3/h11-13H,4-10,16H2,1-3H3. The maximum Gasteiger partial charge on any atom is 0.226 e. The number of likely N-dealkylation sites (tertiary alicyclic amines) is 1. The molecule has 4 heteroatoms. The summed E-state index contributed by atoms with van der Waals surface area (Å²) in [5, 5.41) is 0. The molecule has 2 aliphatic rings. The molecule has 110 valence electrons. The first-order valence-electron chi connectivity index (χ1n) is 7.56. The van der Waals surface area contributed by atoms with Crippen LogP contribution in [0.15, 0.2) is 0 Å². The highest BCUT2D eigenvalue weighted by Gasteiger charge is 2.39. The van der Waals surface area contributed by atoms with Gasteiger partial charge in [0.25, 0.3) is 0 Å². The van der Waals surface area contributed by atoms with E-state index in [1.807, 2.05) is 4.90 Å². The molecule has 1 saturated heterocycles. The van der Waals surface area contributed by atoms with Crippen molar-refractivity contribution >= 4 is 5.91 Å². The molecule has 1 aliphatic heterocycles. The third-order valence-electron chi connectivity index (χ3n) is 5.14. The second kappa shape index (κ2) is 5.80. The molecule has 1 aliphatic carbocycles. The van der Waals surface area contributed by atoms with Gasteiger partial charge in [0, 0.05) is 32.2 Å². The zero-order valence-corrected chi connectivity index (χ0v) is 12.5. The Balaban J connectivity index is 2.02. The first-order valence-corrected chi connectivity index (χ1v) is 7.56. The molecule has 2 fully saturated rings. The van der Waals surface area contributed by atoms with Crippen LogP contribution in [0, 0.1) is 11.8 Å². The first kappa shape index (κ1) is 14.8. The molecule has 0 radical (unpaired) electrons. The highest BCUT2D eigenvalue weighted by Crippen LogP contribution is 2.32. The van der Waals surface area contributed by atoms with Crippen molar-refractivity contribution in [2.75, 3.05) is 20.2 Å². The summed E-state index contributed by atoms with van der Waals surface area (Å²) in [5.41, 5.74) is 5.95. The SMILES string of the molecule is COC1(C)CCCN(C(=O)C2CCCC(N)C2C)C1. The van der Waals surface area contributed by atoms with Crippen LogP contribution in [0.4, 0.5) is 0 Å². The Labute approximate surface area is 116 Å². The average Bonchev–Trinajstić information content (AvgIpc) is 2.41. The molecular formula is C15H28N2O2. The minimum Gasteiger partial charge on any atom is -0.377 e. The van der Waals surface area contributed by atoms with E-state index in [1.54, 1.807) is 7.11 Å². The van der Waals surface area contributed by atoms with Crippen LogP contribution in [0.1, 0.15) is 46.0 Å². The van der Waals surface area contributed by atoms with Gasteiger partial charge in [0.1, 0.15) is 0 Å². The number of carbonyl (C=O) groups is 1. The highest BCUT2D eigenvalue weighted by atomic mass is 16.5. The van der Waals surface area contributed by atoms with Crippen LogP contribution in [-0.4, -0.2) is 42.6 Å². The van der Waals surface area contributed by atoms with Gasteiger partial charge >= 0.3 is 0 Å². The number of hydrogen-bond acceptors (Lipinski definition) is 3. The monoisotopic (exact) mass is 268 g/mol. The Morgan fingerprint density at radius 2 is 2.11 bits per heavy atom. The summed E-state index contributed by atoms with van der Waals surface area (Å²) in [6, 6.07) is 0.182. The largest absolute Gasteiger partial charge is 0.377 e. The van der Waals surface area contributed by atoms with E-state index < -0.39 is 0 Å². The third kappa shape index (κ3) is 3.11. The second-order valence-electron chi connectivity index (χ2n) is 6.58. The molecule has 1 heterocycles. The molecule has 2 rings (SSSR count). The van der Waals surface area contributed by atoms with Crippen LogP contribution in [0.3, 0.4) is 0 Å². The fourth-order valence-electron chi connectivity index (χ4n) is 3.54. The van der Waals surface area contributed by atoms with Gasteiger partial charge in [0.15, 0.2) is 0 Å². The zero-order valence-electron chi connectivity index (χ0n) is 12.5. The summed E-state index contributed by atoms with van der Waals surface area (Å²) >= 11 is 0. The molecule has 0 spiro atoms. The van der Waals surface area contributed by atoms with Crippen molar-refractivity contribution in [1.29, 1.82) is 0 Å². The maximum absolute atomic E-state index is 12.7. The van der Waals surface area contributed by atoms with Gasteiger partial charge in [-0.15, -0.1) is 0 Å². The lowest BCUT2D eigenvalue weighted by atomic mass is 9.76. The van der Waals surface area contributed by atoms with E-state index in [1.165, 1.54) is 0 Å². The van der Waals surface area contributed by atoms with Crippen molar-refractivity contribution in [3.63, 3.8) is 0 Å². The van der Waals surface area contributed by atoms with Crippen LogP contribution in [0.5, 0.6) is 0 Å². The Morgan fingerprint density at radius 1 is 1.37 bits per heavy atom. The zero-order chi connectivity index (χ0) is 14.0. The summed E-state index contributed by atoms with van der Waals surface area (Å²) in [6.45, 7) is 5.82. The molecule has 4 nitrogen and oxygen atoms in total. The predicted octanol–water partition coefficient (Wildman–Crippen LogP) is 1.78. The van der Waals surface area contributed by atoms with Crippen molar-refractivity contribution in [2.45, 2.75) is 57.6 Å². The summed E-state index contributed by atoms with van der Waals surface area (Å²) < 4.78 is 5.58. The number of rotatable bonds is 2. The van der Waals surface area contributed by atoms with Crippen molar-refractivity contribution < 1.29 is 9.53 Å². The van der Waals surface area contributed by atoms with Gasteiger partial charge in [-0.25, -0.2) is 0 Å². The predicted molar refractivity (Wildman–Crippen MR) is 75.7 cm³/mol. The molecular weight excluding hydrogens is 240 g/mol. The number of ether oxygens (including phenoxy) is 1. The second-order valence-corrected chi connectivity index (χ2v) is 6.58. The van der Waals surface area contributed by atoms with Crippen LogP contribution in [0.25, 0.3) is 0 Å². The topological polar surface area (TPSA) is 55.6 Å². The Kier molecular flexibility index (Phi) is 4.51. The molecule has 19 heavy (non-hydrogen) atoms. The van der Waals surface area contributed by atoms with Gasteiger partial charge in [-0.2, -0.15) is 0 Å². The summed E-state index contributed by atoms with van der Waals surface area (Å²) in [6.07, 6.45) is 5.20. The van der Waals surface area contributed by atoms with Crippen molar-refractivity contribution in [3.8, 4) is 0 Å². The van der Waals surface area contributed by atoms with E-state index in [0.29, 0.717) is 11.8 Å². The van der Waals surface area contributed by atoms with Gasteiger partial charge in [0.05, 0.1) is 5.60 Å². The molecule has 0 aromatic carbocycles. The number of amides is 1. The number of carbonyl (C=O) groups excluding carboxylic acids is 1. The number of methoxy groups -OCH3 is 1. The van der Waals surface area contributed by atoms with Crippen LogP contribution >= 0.6 is 0 Å². The molecule has 1 saturated carbocycles. The Bertz CT molecular complexity index is 334. The van der Waals surface area contributed by atoms with E-state index >= 15 is 0 Å². The van der Waals surface area contributed by atoms with E-state index in [2.05, 4.69) is 13.8 Å². The smallest absolute Gasteiger partial charge is 0.226 e. The molecule has 0 aromatic heterocycles. The fraction of sp³-hybridized carbons (Fsp3) is 0.933. The lowest BCUT2D eigenvalue weighted by molar-refractivity contribution is -0.146. The highest BCUT2D eigenvalue weighted by molar-refractivity contribution is 5.79. The number of nitrogens with zero attached hydrogens (tertiary/aromatic N) is 1. The maximum atomic E-state index is 12.7. The van der Waals surface area contributed by atoms with Crippen LogP contribution < -0.4 is 5.73 Å². The first-order chi connectivity index (χ1) is 8.97. The van der Waals surface area contributed by atoms with E-state index in [9.17, 15) is 4.79 Å². The fourth-order valence-corrected chi connectivity index (χ4v) is 3.54. The molecule has 1 amide bonds. The molecule has 4 atom stereocenters. The molecule has 2 N–H and O–H groups in total.